The minimum atomic E-state index is -0.426. The number of amides is 2. The Hall–Kier alpha value is -3.52. The Labute approximate surface area is 161 Å². The molecule has 0 bridgehead atoms. The molecular formula is C20H19N5O3. The number of benzene rings is 2. The van der Waals surface area contributed by atoms with Gasteiger partial charge < -0.3 is 15.0 Å². The number of nitrogens with zero attached hydrogens (tertiary/aromatic N) is 4. The minimum Gasteiger partial charge on any atom is -0.378 e. The van der Waals surface area contributed by atoms with Crippen molar-refractivity contribution in [2.45, 2.75) is 0 Å². The Morgan fingerprint density at radius 1 is 0.964 bits per heavy atom. The zero-order chi connectivity index (χ0) is 19.3. The number of hydrogen-bond acceptors (Lipinski definition) is 5. The molecule has 8 nitrogen and oxygen atoms in total. The van der Waals surface area contributed by atoms with Gasteiger partial charge in [-0.2, -0.15) is 9.90 Å². The Balaban J connectivity index is 1.52. The molecule has 0 saturated carbocycles. The van der Waals surface area contributed by atoms with E-state index in [0.717, 1.165) is 5.69 Å². The van der Waals surface area contributed by atoms with Gasteiger partial charge >= 0.3 is 0 Å². The summed E-state index contributed by atoms with van der Waals surface area (Å²) in [6.45, 7) is 2.10. The molecule has 0 spiro atoms. The van der Waals surface area contributed by atoms with Crippen molar-refractivity contribution in [3.63, 3.8) is 0 Å². The van der Waals surface area contributed by atoms with Gasteiger partial charge in [0, 0.05) is 13.1 Å². The van der Waals surface area contributed by atoms with E-state index in [1.807, 2.05) is 30.3 Å². The number of carbonyl (C=O) groups is 2. The molecule has 8 heteroatoms. The van der Waals surface area contributed by atoms with Crippen molar-refractivity contribution >= 4 is 17.5 Å². The number of rotatable bonds is 4. The number of hydrogen-bond donors (Lipinski definition) is 1. The highest BCUT2D eigenvalue weighted by atomic mass is 16.5. The van der Waals surface area contributed by atoms with Gasteiger partial charge in [0.25, 0.3) is 11.8 Å². The molecule has 1 aliphatic heterocycles. The lowest BCUT2D eigenvalue weighted by atomic mass is 10.1. The lowest BCUT2D eigenvalue weighted by Crippen LogP contribution is -2.41. The second-order valence-corrected chi connectivity index (χ2v) is 6.26. The molecule has 0 aliphatic carbocycles. The molecule has 2 aromatic carbocycles. The van der Waals surface area contributed by atoms with E-state index in [1.165, 1.54) is 11.0 Å². The summed E-state index contributed by atoms with van der Waals surface area (Å²) in [7, 11) is 0. The lowest BCUT2D eigenvalue weighted by Gasteiger charge is -2.27. The van der Waals surface area contributed by atoms with Crippen LogP contribution >= 0.6 is 0 Å². The molecule has 3 aromatic rings. The van der Waals surface area contributed by atoms with Crippen LogP contribution in [0.15, 0.2) is 60.8 Å². The Bertz CT molecular complexity index is 980. The van der Waals surface area contributed by atoms with Gasteiger partial charge in [0.05, 0.1) is 36.3 Å². The number of carbonyl (C=O) groups excluding carboxylic acids is 2. The molecule has 1 aromatic heterocycles. The summed E-state index contributed by atoms with van der Waals surface area (Å²) in [5, 5.41) is 11.1. The number of anilines is 1. The first-order chi connectivity index (χ1) is 13.7. The molecule has 0 atom stereocenters. The molecular weight excluding hydrogens is 358 g/mol. The van der Waals surface area contributed by atoms with E-state index in [-0.39, 0.29) is 11.6 Å². The zero-order valence-electron chi connectivity index (χ0n) is 15.1. The number of nitrogens with one attached hydrogen (secondary N) is 1. The second-order valence-electron chi connectivity index (χ2n) is 6.26. The monoisotopic (exact) mass is 377 g/mol. The highest BCUT2D eigenvalue weighted by Gasteiger charge is 2.22. The molecule has 1 saturated heterocycles. The van der Waals surface area contributed by atoms with Crippen molar-refractivity contribution in [1.29, 1.82) is 0 Å². The van der Waals surface area contributed by atoms with Crippen LogP contribution in [-0.2, 0) is 4.74 Å². The SMILES string of the molecule is O=C(Nc1ccccc1C(=O)N1CCOCC1)c1cnn(-c2ccccc2)n1. The van der Waals surface area contributed by atoms with Gasteiger partial charge in [-0.25, -0.2) is 0 Å². The van der Waals surface area contributed by atoms with Gasteiger partial charge in [-0.05, 0) is 24.3 Å². The summed E-state index contributed by atoms with van der Waals surface area (Å²) < 4.78 is 5.30. The summed E-state index contributed by atoms with van der Waals surface area (Å²) in [5.74, 6) is -0.559. The third-order valence-electron chi connectivity index (χ3n) is 4.42. The first kappa shape index (κ1) is 17.9. The molecule has 4 rings (SSSR count). The average molecular weight is 377 g/mol. The maximum atomic E-state index is 12.8. The van der Waals surface area contributed by atoms with Crippen molar-refractivity contribution in [3.05, 3.63) is 72.1 Å². The van der Waals surface area contributed by atoms with E-state index in [4.69, 9.17) is 4.74 Å². The van der Waals surface area contributed by atoms with Crippen LogP contribution in [0.5, 0.6) is 0 Å². The van der Waals surface area contributed by atoms with Crippen LogP contribution in [0.2, 0.25) is 0 Å². The predicted octanol–water partition coefficient (Wildman–Crippen LogP) is 1.99. The Kier molecular flexibility index (Phi) is 5.11. The summed E-state index contributed by atoms with van der Waals surface area (Å²) in [4.78, 5) is 28.6. The third kappa shape index (κ3) is 3.77. The van der Waals surface area contributed by atoms with E-state index >= 15 is 0 Å². The van der Waals surface area contributed by atoms with Gasteiger partial charge in [-0.1, -0.05) is 30.3 Å². The lowest BCUT2D eigenvalue weighted by molar-refractivity contribution is 0.0303. The Morgan fingerprint density at radius 2 is 1.68 bits per heavy atom. The van der Waals surface area contributed by atoms with E-state index in [2.05, 4.69) is 15.5 Å². The fraction of sp³-hybridized carbons (Fsp3) is 0.200. The highest BCUT2D eigenvalue weighted by molar-refractivity contribution is 6.08. The Morgan fingerprint density at radius 3 is 2.46 bits per heavy atom. The number of para-hydroxylation sites is 2. The van der Waals surface area contributed by atoms with Crippen LogP contribution in [0.3, 0.4) is 0 Å². The van der Waals surface area contributed by atoms with Crippen molar-refractivity contribution in [2.24, 2.45) is 0 Å². The fourth-order valence-corrected chi connectivity index (χ4v) is 2.95. The maximum Gasteiger partial charge on any atom is 0.277 e. The minimum absolute atomic E-state index is 0.132. The highest BCUT2D eigenvalue weighted by Crippen LogP contribution is 2.19. The van der Waals surface area contributed by atoms with Crippen molar-refractivity contribution in [1.82, 2.24) is 19.9 Å². The summed E-state index contributed by atoms with van der Waals surface area (Å²) in [6.07, 6.45) is 1.40. The molecule has 1 N–H and O–H groups in total. The predicted molar refractivity (Wildman–Crippen MR) is 102 cm³/mol. The summed E-state index contributed by atoms with van der Waals surface area (Å²) >= 11 is 0. The fourth-order valence-electron chi connectivity index (χ4n) is 2.95. The van der Waals surface area contributed by atoms with Gasteiger partial charge in [0.15, 0.2) is 5.69 Å². The molecule has 2 amide bonds. The summed E-state index contributed by atoms with van der Waals surface area (Å²) in [5.41, 5.74) is 1.80. The van der Waals surface area contributed by atoms with Gasteiger partial charge in [0.1, 0.15) is 0 Å². The molecule has 0 unspecified atom stereocenters. The number of aromatic nitrogens is 3. The number of morpholine rings is 1. The second kappa shape index (κ2) is 8.01. The zero-order valence-corrected chi connectivity index (χ0v) is 15.1. The van der Waals surface area contributed by atoms with Crippen LogP contribution in [0.1, 0.15) is 20.8 Å². The number of ether oxygens (including phenoxy) is 1. The largest absolute Gasteiger partial charge is 0.378 e. The molecule has 0 radical (unpaired) electrons. The molecule has 1 aliphatic rings. The standard InChI is InChI=1S/C20H19N5O3/c26-19(18-14-21-25(23-18)15-6-2-1-3-7-15)22-17-9-5-4-8-16(17)20(27)24-10-12-28-13-11-24/h1-9,14H,10-13H2,(H,22,26). The first-order valence-corrected chi connectivity index (χ1v) is 8.97. The normalized spacial score (nSPS) is 13.9. The maximum absolute atomic E-state index is 12.8. The third-order valence-corrected chi connectivity index (χ3v) is 4.42. The molecule has 142 valence electrons. The molecule has 1 fully saturated rings. The van der Waals surface area contributed by atoms with Gasteiger partial charge in [-0.3, -0.25) is 9.59 Å². The van der Waals surface area contributed by atoms with Crippen molar-refractivity contribution in [2.75, 3.05) is 31.6 Å². The summed E-state index contributed by atoms with van der Waals surface area (Å²) in [6, 6.07) is 16.3. The smallest absolute Gasteiger partial charge is 0.277 e. The van der Waals surface area contributed by atoms with E-state index < -0.39 is 5.91 Å². The topological polar surface area (TPSA) is 89.4 Å². The van der Waals surface area contributed by atoms with E-state index in [0.29, 0.717) is 37.6 Å². The van der Waals surface area contributed by atoms with Crippen LogP contribution in [0.25, 0.3) is 5.69 Å². The molecule has 28 heavy (non-hydrogen) atoms. The average Bonchev–Trinajstić information content (AvgIpc) is 3.25. The first-order valence-electron chi connectivity index (χ1n) is 8.97. The van der Waals surface area contributed by atoms with Gasteiger partial charge in [-0.15, -0.1) is 5.10 Å². The quantitative estimate of drug-likeness (QED) is 0.751. The van der Waals surface area contributed by atoms with E-state index in [9.17, 15) is 9.59 Å². The van der Waals surface area contributed by atoms with Crippen LogP contribution in [0, 0.1) is 0 Å². The van der Waals surface area contributed by atoms with Crippen LogP contribution in [-0.4, -0.2) is 58.0 Å². The van der Waals surface area contributed by atoms with E-state index in [1.54, 1.807) is 29.2 Å². The van der Waals surface area contributed by atoms with Crippen molar-refractivity contribution < 1.29 is 14.3 Å². The van der Waals surface area contributed by atoms with Gasteiger partial charge in [0.2, 0.25) is 0 Å². The van der Waals surface area contributed by atoms with Crippen LogP contribution < -0.4 is 5.32 Å². The van der Waals surface area contributed by atoms with Crippen LogP contribution in [0.4, 0.5) is 5.69 Å². The molecule has 2 heterocycles. The van der Waals surface area contributed by atoms with Crippen molar-refractivity contribution in [3.8, 4) is 5.69 Å².